The molecule has 14 heavy (non-hydrogen) atoms. The molecule has 1 saturated heterocycles. The van der Waals surface area contributed by atoms with Crippen LogP contribution in [0.15, 0.2) is 29.6 Å². The predicted molar refractivity (Wildman–Crippen MR) is 53.9 cm³/mol. The third-order valence-corrected chi connectivity index (χ3v) is 3.42. The van der Waals surface area contributed by atoms with Gasteiger partial charge < -0.3 is 0 Å². The van der Waals surface area contributed by atoms with Crippen LogP contribution < -0.4 is 0 Å². The Morgan fingerprint density at radius 1 is 1.14 bits per heavy atom. The minimum atomic E-state index is 0.530. The predicted octanol–water partition coefficient (Wildman–Crippen LogP) is 2.25. The van der Waals surface area contributed by atoms with Crippen LogP contribution in [0.3, 0.4) is 0 Å². The molecule has 2 atom stereocenters. The first-order valence-electron chi connectivity index (χ1n) is 5.05. The number of rotatable bonds is 1. The zero-order chi connectivity index (χ0) is 9.54. The highest BCUT2D eigenvalue weighted by Crippen LogP contribution is 2.45. The van der Waals surface area contributed by atoms with Crippen LogP contribution in [-0.2, 0) is 0 Å². The highest BCUT2D eigenvalue weighted by atomic mass is 16.3. The van der Waals surface area contributed by atoms with Crippen LogP contribution >= 0.6 is 0 Å². The first-order chi connectivity index (χ1) is 6.88. The van der Waals surface area contributed by atoms with Crippen molar-refractivity contribution in [2.75, 3.05) is 13.1 Å². The summed E-state index contributed by atoms with van der Waals surface area (Å²) in [6.45, 7) is 1.61. The fourth-order valence-corrected chi connectivity index (χ4v) is 2.85. The summed E-state index contributed by atoms with van der Waals surface area (Å²) >= 11 is 0. The maximum atomic E-state index is 10.5. The second-order valence-corrected chi connectivity index (χ2v) is 4.21. The van der Waals surface area contributed by atoms with Gasteiger partial charge in [0.05, 0.1) is 5.29 Å². The molecule has 2 bridgehead atoms. The van der Waals surface area contributed by atoms with E-state index in [1.54, 1.807) is 5.01 Å². The van der Waals surface area contributed by atoms with Crippen molar-refractivity contribution in [1.29, 1.82) is 0 Å². The summed E-state index contributed by atoms with van der Waals surface area (Å²) in [5.74, 6) is 1.06. The van der Waals surface area contributed by atoms with E-state index in [0.29, 0.717) is 11.8 Å². The molecule has 0 spiro atoms. The summed E-state index contributed by atoms with van der Waals surface area (Å²) in [6, 6.07) is 8.54. The molecule has 0 radical (unpaired) electrons. The second kappa shape index (κ2) is 2.80. The monoisotopic (exact) mass is 188 g/mol. The summed E-state index contributed by atoms with van der Waals surface area (Å²) in [5, 5.41) is 4.72. The summed E-state index contributed by atoms with van der Waals surface area (Å²) in [4.78, 5) is 10.5. The molecule has 0 saturated carbocycles. The van der Waals surface area contributed by atoms with Crippen LogP contribution in [-0.4, -0.2) is 18.1 Å². The van der Waals surface area contributed by atoms with Gasteiger partial charge in [0.2, 0.25) is 0 Å². The molecule has 3 nitrogen and oxygen atoms in total. The van der Waals surface area contributed by atoms with Gasteiger partial charge in [-0.2, -0.15) is 0 Å². The molecule has 3 rings (SSSR count). The molecule has 1 aliphatic heterocycles. The lowest BCUT2D eigenvalue weighted by atomic mass is 9.97. The van der Waals surface area contributed by atoms with Crippen molar-refractivity contribution in [2.24, 2.45) is 5.29 Å². The largest absolute Gasteiger partial charge is 0.260 e. The fourth-order valence-electron chi connectivity index (χ4n) is 2.85. The molecule has 0 aromatic heterocycles. The third kappa shape index (κ3) is 0.983. The first kappa shape index (κ1) is 7.97. The normalized spacial score (nSPS) is 28.7. The standard InChI is InChI=1S/C11H12N2O/c14-12-13-6-8-5-9(7-13)11-4-2-1-3-10(8)11/h1-4,8-9H,5-7H2. The Bertz CT molecular complexity index is 346. The van der Waals surface area contributed by atoms with Crippen molar-refractivity contribution >= 4 is 0 Å². The minimum Gasteiger partial charge on any atom is -0.260 e. The van der Waals surface area contributed by atoms with Gasteiger partial charge in [-0.15, -0.1) is 4.91 Å². The van der Waals surface area contributed by atoms with Crippen molar-refractivity contribution in [3.05, 3.63) is 40.3 Å². The van der Waals surface area contributed by atoms with E-state index in [-0.39, 0.29) is 0 Å². The summed E-state index contributed by atoms with van der Waals surface area (Å²) < 4.78 is 0. The van der Waals surface area contributed by atoms with Crippen molar-refractivity contribution < 1.29 is 0 Å². The van der Waals surface area contributed by atoms with E-state index in [1.807, 2.05) is 0 Å². The van der Waals surface area contributed by atoms with Crippen LogP contribution in [0.1, 0.15) is 29.4 Å². The van der Waals surface area contributed by atoms with Gasteiger partial charge in [0.25, 0.3) is 0 Å². The Balaban J connectivity index is 2.03. The van der Waals surface area contributed by atoms with Crippen molar-refractivity contribution in [1.82, 2.24) is 5.01 Å². The van der Waals surface area contributed by atoms with Crippen molar-refractivity contribution in [2.45, 2.75) is 18.3 Å². The average Bonchev–Trinajstić information content (AvgIpc) is 2.52. The zero-order valence-electron chi connectivity index (χ0n) is 7.89. The van der Waals surface area contributed by atoms with Crippen LogP contribution in [0.2, 0.25) is 0 Å². The lowest BCUT2D eigenvalue weighted by Gasteiger charge is -2.26. The molecule has 1 aromatic carbocycles. The van der Waals surface area contributed by atoms with Gasteiger partial charge in [0.1, 0.15) is 0 Å². The van der Waals surface area contributed by atoms with E-state index < -0.39 is 0 Å². The fraction of sp³-hybridized carbons (Fsp3) is 0.455. The smallest absolute Gasteiger partial charge is 0.0524 e. The average molecular weight is 188 g/mol. The van der Waals surface area contributed by atoms with E-state index in [0.717, 1.165) is 13.1 Å². The van der Waals surface area contributed by atoms with Gasteiger partial charge in [-0.3, -0.25) is 5.01 Å². The number of benzene rings is 1. The molecule has 1 fully saturated rings. The van der Waals surface area contributed by atoms with Gasteiger partial charge in [-0.1, -0.05) is 24.3 Å². The summed E-state index contributed by atoms with van der Waals surface area (Å²) in [5.41, 5.74) is 2.87. The quantitative estimate of drug-likeness (QED) is 0.633. The van der Waals surface area contributed by atoms with Crippen molar-refractivity contribution in [3.8, 4) is 0 Å². The molecular weight excluding hydrogens is 176 g/mol. The van der Waals surface area contributed by atoms with Crippen LogP contribution in [0, 0.1) is 4.91 Å². The number of piperidine rings is 1. The van der Waals surface area contributed by atoms with E-state index in [4.69, 9.17) is 0 Å². The highest BCUT2D eigenvalue weighted by Gasteiger charge is 2.37. The summed E-state index contributed by atoms with van der Waals surface area (Å²) in [7, 11) is 0. The number of nitroso groups, excluding NO2 is 1. The van der Waals surface area contributed by atoms with Gasteiger partial charge in [-0.25, -0.2) is 0 Å². The Hall–Kier alpha value is -1.38. The molecule has 1 aromatic rings. The van der Waals surface area contributed by atoms with Gasteiger partial charge in [-0.05, 0) is 17.5 Å². The molecule has 2 aliphatic rings. The van der Waals surface area contributed by atoms with E-state index in [9.17, 15) is 4.91 Å². The molecule has 72 valence electrons. The highest BCUT2D eigenvalue weighted by molar-refractivity contribution is 5.40. The molecule has 0 N–H and O–H groups in total. The number of hydrogen-bond donors (Lipinski definition) is 0. The number of nitrogens with zero attached hydrogens (tertiary/aromatic N) is 2. The lowest BCUT2D eigenvalue weighted by Crippen LogP contribution is -2.30. The molecule has 1 aliphatic carbocycles. The Morgan fingerprint density at radius 3 is 2.21 bits per heavy atom. The summed E-state index contributed by atoms with van der Waals surface area (Å²) in [6.07, 6.45) is 1.20. The molecule has 0 amide bonds. The first-order valence-corrected chi connectivity index (χ1v) is 5.05. The number of fused-ring (bicyclic) bond motifs is 5. The maximum Gasteiger partial charge on any atom is 0.0524 e. The SMILES string of the molecule is O=NN1CC2CC(C1)c1ccccc12. The van der Waals surface area contributed by atoms with Crippen molar-refractivity contribution in [3.63, 3.8) is 0 Å². The third-order valence-electron chi connectivity index (χ3n) is 3.42. The minimum absolute atomic E-state index is 0.530. The maximum absolute atomic E-state index is 10.5. The number of hydrogen-bond acceptors (Lipinski definition) is 2. The second-order valence-electron chi connectivity index (χ2n) is 4.21. The van der Waals surface area contributed by atoms with Gasteiger partial charge >= 0.3 is 0 Å². The Labute approximate surface area is 82.7 Å². The molecule has 1 heterocycles. The topological polar surface area (TPSA) is 32.7 Å². The molecule has 2 unspecified atom stereocenters. The van der Waals surface area contributed by atoms with E-state index in [1.165, 1.54) is 17.5 Å². The van der Waals surface area contributed by atoms with E-state index >= 15 is 0 Å². The van der Waals surface area contributed by atoms with Crippen LogP contribution in [0.25, 0.3) is 0 Å². The zero-order valence-corrected chi connectivity index (χ0v) is 7.89. The Kier molecular flexibility index (Phi) is 1.60. The van der Waals surface area contributed by atoms with Gasteiger partial charge in [0.15, 0.2) is 0 Å². The molecule has 3 heteroatoms. The lowest BCUT2D eigenvalue weighted by molar-refractivity contribution is 0.208. The van der Waals surface area contributed by atoms with Gasteiger partial charge in [0, 0.05) is 24.9 Å². The van der Waals surface area contributed by atoms with E-state index in [2.05, 4.69) is 29.6 Å². The molecular formula is C11H12N2O. The van der Waals surface area contributed by atoms with Crippen LogP contribution in [0.4, 0.5) is 0 Å². The van der Waals surface area contributed by atoms with Crippen LogP contribution in [0.5, 0.6) is 0 Å². The Morgan fingerprint density at radius 2 is 1.71 bits per heavy atom.